The number of methoxy groups -OCH3 is 1. The van der Waals surface area contributed by atoms with Crippen LogP contribution >= 0.6 is 11.6 Å². The lowest BCUT2D eigenvalue weighted by atomic mass is 10.1. The van der Waals surface area contributed by atoms with Crippen molar-refractivity contribution in [3.8, 4) is 5.75 Å². The Bertz CT molecular complexity index is 664. The largest absolute Gasteiger partial charge is 0.497 e. The summed E-state index contributed by atoms with van der Waals surface area (Å²) in [5, 5.41) is 4.87. The van der Waals surface area contributed by atoms with Gasteiger partial charge in [0.15, 0.2) is 0 Å². The zero-order valence-electron chi connectivity index (χ0n) is 12.5. The van der Waals surface area contributed by atoms with Crippen molar-refractivity contribution in [2.45, 2.75) is 13.3 Å². The lowest BCUT2D eigenvalue weighted by Crippen LogP contribution is -2.19. The van der Waals surface area contributed by atoms with Crippen LogP contribution in [-0.2, 0) is 0 Å². The minimum absolute atomic E-state index is 0.262. The van der Waals surface area contributed by atoms with Gasteiger partial charge in [-0.15, -0.1) is 0 Å². The molecule has 0 bridgehead atoms. The number of hydrogen-bond donors (Lipinski definition) is 1. The van der Waals surface area contributed by atoms with E-state index in [-0.39, 0.29) is 5.91 Å². The maximum atomic E-state index is 12.1. The number of nitrogens with zero attached hydrogens (tertiary/aromatic N) is 1. The molecule has 0 radical (unpaired) electrons. The van der Waals surface area contributed by atoms with Crippen LogP contribution in [0.3, 0.4) is 0 Å². The van der Waals surface area contributed by atoms with Gasteiger partial charge in [-0.3, -0.25) is 4.79 Å². The van der Waals surface area contributed by atoms with Crippen LogP contribution < -0.4 is 10.2 Å². The zero-order chi connectivity index (χ0) is 15.9. The quantitative estimate of drug-likeness (QED) is 0.672. The Labute approximate surface area is 134 Å². The molecule has 0 unspecified atom stereocenters. The molecule has 0 aliphatic carbocycles. The third-order valence-electron chi connectivity index (χ3n) is 3.16. The molecule has 0 saturated heterocycles. The van der Waals surface area contributed by atoms with Crippen molar-refractivity contribution in [2.75, 3.05) is 7.11 Å². The van der Waals surface area contributed by atoms with Crippen LogP contribution in [0.2, 0.25) is 5.02 Å². The Kier molecular flexibility index (Phi) is 5.55. The summed E-state index contributed by atoms with van der Waals surface area (Å²) in [4.78, 5) is 12.1. The highest BCUT2D eigenvalue weighted by Crippen LogP contribution is 2.13. The van der Waals surface area contributed by atoms with Gasteiger partial charge in [-0.2, -0.15) is 5.10 Å². The van der Waals surface area contributed by atoms with E-state index in [0.717, 1.165) is 11.3 Å². The molecule has 1 amide bonds. The van der Waals surface area contributed by atoms with Crippen molar-refractivity contribution in [2.24, 2.45) is 5.10 Å². The summed E-state index contributed by atoms with van der Waals surface area (Å²) >= 11 is 5.87. The first-order valence-corrected chi connectivity index (χ1v) is 7.28. The molecule has 0 aliphatic heterocycles. The van der Waals surface area contributed by atoms with Crippen LogP contribution in [0.5, 0.6) is 5.75 Å². The second-order valence-electron chi connectivity index (χ2n) is 4.59. The second kappa shape index (κ2) is 7.61. The van der Waals surface area contributed by atoms with E-state index < -0.39 is 0 Å². The molecular weight excluding hydrogens is 300 g/mol. The van der Waals surface area contributed by atoms with Gasteiger partial charge in [0.1, 0.15) is 5.75 Å². The Morgan fingerprint density at radius 2 is 1.68 bits per heavy atom. The van der Waals surface area contributed by atoms with Crippen molar-refractivity contribution >= 4 is 23.2 Å². The van der Waals surface area contributed by atoms with E-state index in [2.05, 4.69) is 10.5 Å². The minimum atomic E-state index is -0.262. The number of halogens is 1. The van der Waals surface area contributed by atoms with Gasteiger partial charge in [0.2, 0.25) is 0 Å². The second-order valence-corrected chi connectivity index (χ2v) is 5.02. The molecule has 0 aliphatic rings. The van der Waals surface area contributed by atoms with Crippen molar-refractivity contribution in [1.82, 2.24) is 5.43 Å². The molecule has 2 rings (SSSR count). The first-order valence-electron chi connectivity index (χ1n) is 6.91. The van der Waals surface area contributed by atoms with Gasteiger partial charge in [0.05, 0.1) is 12.8 Å². The van der Waals surface area contributed by atoms with E-state index in [0.29, 0.717) is 22.8 Å². The number of amides is 1. The van der Waals surface area contributed by atoms with Crippen LogP contribution in [0, 0.1) is 0 Å². The maximum absolute atomic E-state index is 12.1. The first kappa shape index (κ1) is 16.0. The van der Waals surface area contributed by atoms with Crippen molar-refractivity contribution in [3.63, 3.8) is 0 Å². The fourth-order valence-electron chi connectivity index (χ4n) is 1.92. The molecule has 0 aromatic heterocycles. The highest BCUT2D eigenvalue weighted by molar-refractivity contribution is 6.30. The maximum Gasteiger partial charge on any atom is 0.271 e. The first-order chi connectivity index (χ1) is 10.6. The molecule has 0 atom stereocenters. The molecule has 1 N–H and O–H groups in total. The van der Waals surface area contributed by atoms with Crippen molar-refractivity contribution in [1.29, 1.82) is 0 Å². The number of rotatable bonds is 5. The third kappa shape index (κ3) is 4.09. The number of nitrogens with one attached hydrogen (secondary N) is 1. The van der Waals surface area contributed by atoms with Crippen LogP contribution in [-0.4, -0.2) is 18.7 Å². The van der Waals surface area contributed by atoms with Gasteiger partial charge in [-0.1, -0.05) is 30.7 Å². The Morgan fingerprint density at radius 1 is 1.09 bits per heavy atom. The monoisotopic (exact) mass is 316 g/mol. The van der Waals surface area contributed by atoms with E-state index in [9.17, 15) is 4.79 Å². The molecule has 0 heterocycles. The molecule has 2 aromatic carbocycles. The average Bonchev–Trinajstić information content (AvgIpc) is 2.56. The molecule has 5 heteroatoms. The van der Waals surface area contributed by atoms with E-state index in [1.165, 1.54) is 0 Å². The topological polar surface area (TPSA) is 50.7 Å². The predicted octanol–water partition coefficient (Wildman–Crippen LogP) is 3.89. The van der Waals surface area contributed by atoms with Crippen LogP contribution in [0.4, 0.5) is 0 Å². The van der Waals surface area contributed by atoms with Crippen molar-refractivity contribution < 1.29 is 9.53 Å². The minimum Gasteiger partial charge on any atom is -0.497 e. The van der Waals surface area contributed by atoms with Crippen LogP contribution in [0.1, 0.15) is 29.3 Å². The summed E-state index contributed by atoms with van der Waals surface area (Å²) in [7, 11) is 1.58. The molecule has 114 valence electrons. The number of benzene rings is 2. The normalized spacial score (nSPS) is 11.1. The zero-order valence-corrected chi connectivity index (χ0v) is 13.2. The SMILES string of the molecule is CC/C(=N\NC(=O)c1ccc(OC)cc1)c1ccc(Cl)cc1. The molecule has 0 spiro atoms. The third-order valence-corrected chi connectivity index (χ3v) is 3.41. The van der Waals surface area contributed by atoms with Gasteiger partial charge in [0.25, 0.3) is 5.91 Å². The Hall–Kier alpha value is -2.33. The lowest BCUT2D eigenvalue weighted by Gasteiger charge is -2.06. The van der Waals surface area contributed by atoms with Gasteiger partial charge in [-0.25, -0.2) is 5.43 Å². The fraction of sp³-hybridized carbons (Fsp3) is 0.176. The van der Waals surface area contributed by atoms with Gasteiger partial charge in [-0.05, 0) is 48.4 Å². The predicted molar refractivity (Wildman–Crippen MR) is 88.7 cm³/mol. The Balaban J connectivity index is 2.10. The summed E-state index contributed by atoms with van der Waals surface area (Å²) in [6.45, 7) is 1.98. The van der Waals surface area contributed by atoms with Crippen LogP contribution in [0.15, 0.2) is 53.6 Å². The number of carbonyl (C=O) groups is 1. The van der Waals surface area contributed by atoms with Gasteiger partial charge < -0.3 is 4.74 Å². The molecule has 4 nitrogen and oxygen atoms in total. The molecule has 22 heavy (non-hydrogen) atoms. The summed E-state index contributed by atoms with van der Waals surface area (Å²) in [5.41, 5.74) is 4.82. The highest BCUT2D eigenvalue weighted by atomic mass is 35.5. The summed E-state index contributed by atoms with van der Waals surface area (Å²) < 4.78 is 5.06. The van der Waals surface area contributed by atoms with E-state index in [1.807, 2.05) is 19.1 Å². The standard InChI is InChI=1S/C17H17ClN2O2/c1-3-16(12-4-8-14(18)9-5-12)19-20-17(21)13-6-10-15(22-2)11-7-13/h4-11H,3H2,1-2H3,(H,20,21)/b19-16+. The number of ether oxygens (including phenoxy) is 1. The molecule has 2 aromatic rings. The fourth-order valence-corrected chi connectivity index (χ4v) is 2.04. The van der Waals surface area contributed by atoms with Gasteiger partial charge in [0, 0.05) is 10.6 Å². The van der Waals surface area contributed by atoms with E-state index >= 15 is 0 Å². The van der Waals surface area contributed by atoms with E-state index in [4.69, 9.17) is 16.3 Å². The number of carbonyl (C=O) groups excluding carboxylic acids is 1. The Morgan fingerprint density at radius 3 is 2.23 bits per heavy atom. The number of hydrazone groups is 1. The lowest BCUT2D eigenvalue weighted by molar-refractivity contribution is 0.0955. The molecular formula is C17H17ClN2O2. The van der Waals surface area contributed by atoms with Crippen LogP contribution in [0.25, 0.3) is 0 Å². The smallest absolute Gasteiger partial charge is 0.271 e. The van der Waals surface area contributed by atoms with E-state index in [1.54, 1.807) is 43.5 Å². The average molecular weight is 317 g/mol. The molecule has 0 saturated carbocycles. The summed E-state index contributed by atoms with van der Waals surface area (Å²) in [5.74, 6) is 0.443. The summed E-state index contributed by atoms with van der Waals surface area (Å²) in [6.07, 6.45) is 0.699. The summed E-state index contributed by atoms with van der Waals surface area (Å²) in [6, 6.07) is 14.2. The number of hydrogen-bond acceptors (Lipinski definition) is 3. The van der Waals surface area contributed by atoms with Gasteiger partial charge >= 0.3 is 0 Å². The molecule has 0 fully saturated rings. The van der Waals surface area contributed by atoms with Crippen molar-refractivity contribution in [3.05, 3.63) is 64.7 Å². The highest BCUT2D eigenvalue weighted by Gasteiger charge is 2.06.